The zero-order chi connectivity index (χ0) is 25.6. The normalized spacial score (nSPS) is 15.0. The number of hydrogen-bond donors (Lipinski definition) is 3. The Labute approximate surface area is 204 Å². The molecule has 2 aromatic rings. The van der Waals surface area contributed by atoms with Gasteiger partial charge in [0, 0.05) is 19.2 Å². The number of amides is 2. The molecule has 3 rings (SSSR count). The Bertz CT molecular complexity index is 1310. The molecule has 0 radical (unpaired) electrons. The highest BCUT2D eigenvalue weighted by molar-refractivity contribution is 7.92. The number of carbonyl (C=O) groups is 2. The molecule has 3 N–H and O–H groups in total. The molecule has 2 aromatic carbocycles. The zero-order valence-electron chi connectivity index (χ0n) is 19.1. The van der Waals surface area contributed by atoms with Gasteiger partial charge in [0.2, 0.25) is 5.91 Å². The number of hydrogen-bond acceptors (Lipinski definition) is 8. The first-order chi connectivity index (χ1) is 16.5. The number of sulfone groups is 1. The number of rotatable bonds is 11. The molecule has 0 spiro atoms. The monoisotopic (exact) mass is 525 g/mol. The van der Waals surface area contributed by atoms with Crippen molar-refractivity contribution in [1.29, 1.82) is 0 Å². The van der Waals surface area contributed by atoms with Crippen molar-refractivity contribution in [2.45, 2.75) is 30.6 Å². The molecule has 0 atom stereocenters. The second-order valence-electron chi connectivity index (χ2n) is 7.98. The van der Waals surface area contributed by atoms with Gasteiger partial charge in [0.05, 0.1) is 12.3 Å². The third kappa shape index (κ3) is 7.09. The van der Waals surface area contributed by atoms with Gasteiger partial charge in [0.25, 0.3) is 5.91 Å². The van der Waals surface area contributed by atoms with E-state index >= 15 is 0 Å². The minimum atomic E-state index is -4.02. The highest BCUT2D eigenvalue weighted by atomic mass is 32.2. The fourth-order valence-corrected chi connectivity index (χ4v) is 5.44. The molecule has 2 amide bonds. The summed E-state index contributed by atoms with van der Waals surface area (Å²) in [7, 11) is -7.40. The van der Waals surface area contributed by atoms with Gasteiger partial charge in [-0.15, -0.1) is 0 Å². The highest BCUT2D eigenvalue weighted by Gasteiger charge is 2.35. The van der Waals surface area contributed by atoms with Gasteiger partial charge in [0.15, 0.2) is 9.84 Å². The maximum atomic E-state index is 12.1. The van der Waals surface area contributed by atoms with Gasteiger partial charge in [-0.1, -0.05) is 18.2 Å². The molecule has 0 saturated carbocycles. The summed E-state index contributed by atoms with van der Waals surface area (Å²) < 4.78 is 55.6. The van der Waals surface area contributed by atoms with Crippen molar-refractivity contribution >= 4 is 37.5 Å². The van der Waals surface area contributed by atoms with Gasteiger partial charge in [-0.2, -0.15) is 8.42 Å². The number of carbonyl (C=O) groups excluding carboxylic acids is 2. The molecular formula is C22H27N3O8S2. The standard InChI is InChI=1S/C22H27N3O8S2/c1-34(29,30)20-7-3-2-6-19(20)33-13-5-4-12-23-21(27)11-9-16-8-10-17(18(26)14-16)25-15-22(28)24-35(25,31)32/h2-3,6-8,10,14,26H,4-5,9,11-13,15H2,1H3,(H,23,27)(H,24,28). The minimum absolute atomic E-state index is 0.0158. The number of benzene rings is 2. The van der Waals surface area contributed by atoms with E-state index < -0.39 is 32.5 Å². The molecule has 1 aliphatic rings. The van der Waals surface area contributed by atoms with Gasteiger partial charge in [0.1, 0.15) is 22.9 Å². The van der Waals surface area contributed by atoms with Crippen LogP contribution in [0, 0.1) is 0 Å². The third-order valence-corrected chi connectivity index (χ3v) is 7.70. The van der Waals surface area contributed by atoms with Crippen molar-refractivity contribution in [3.63, 3.8) is 0 Å². The lowest BCUT2D eigenvalue weighted by Gasteiger charge is -2.16. The van der Waals surface area contributed by atoms with Crippen LogP contribution in [0.3, 0.4) is 0 Å². The molecule has 35 heavy (non-hydrogen) atoms. The lowest BCUT2D eigenvalue weighted by Crippen LogP contribution is -2.29. The number of unbranched alkanes of at least 4 members (excludes halogenated alkanes) is 1. The van der Waals surface area contributed by atoms with E-state index in [1.165, 1.54) is 18.2 Å². The van der Waals surface area contributed by atoms with Crippen molar-refractivity contribution in [3.8, 4) is 11.5 Å². The molecule has 0 aromatic heterocycles. The van der Waals surface area contributed by atoms with Crippen molar-refractivity contribution in [3.05, 3.63) is 48.0 Å². The molecule has 13 heteroatoms. The van der Waals surface area contributed by atoms with Crippen LogP contribution in [0.25, 0.3) is 0 Å². The molecule has 1 heterocycles. The first kappa shape index (κ1) is 26.3. The predicted molar refractivity (Wildman–Crippen MR) is 128 cm³/mol. The maximum Gasteiger partial charge on any atom is 0.326 e. The summed E-state index contributed by atoms with van der Waals surface area (Å²) in [5, 5.41) is 13.0. The number of para-hydroxylation sites is 1. The number of ether oxygens (including phenoxy) is 1. The zero-order valence-corrected chi connectivity index (χ0v) is 20.7. The fourth-order valence-electron chi connectivity index (χ4n) is 3.46. The minimum Gasteiger partial charge on any atom is -0.506 e. The summed E-state index contributed by atoms with van der Waals surface area (Å²) in [6.07, 6.45) is 2.87. The van der Waals surface area contributed by atoms with Gasteiger partial charge in [-0.3, -0.25) is 9.59 Å². The number of aryl methyl sites for hydroxylation is 1. The van der Waals surface area contributed by atoms with Gasteiger partial charge in [-0.05, 0) is 49.1 Å². The molecular weight excluding hydrogens is 498 g/mol. The largest absolute Gasteiger partial charge is 0.506 e. The van der Waals surface area contributed by atoms with Crippen LogP contribution in [0.4, 0.5) is 5.69 Å². The van der Waals surface area contributed by atoms with Crippen LogP contribution in [-0.4, -0.2) is 59.7 Å². The lowest BCUT2D eigenvalue weighted by molar-refractivity contribution is -0.121. The van der Waals surface area contributed by atoms with Crippen LogP contribution in [0.15, 0.2) is 47.4 Å². The van der Waals surface area contributed by atoms with Crippen LogP contribution >= 0.6 is 0 Å². The van der Waals surface area contributed by atoms with Gasteiger partial charge in [-0.25, -0.2) is 17.4 Å². The molecule has 190 valence electrons. The van der Waals surface area contributed by atoms with E-state index in [0.717, 1.165) is 10.6 Å². The smallest absolute Gasteiger partial charge is 0.326 e. The summed E-state index contributed by atoms with van der Waals surface area (Å²) >= 11 is 0. The average molecular weight is 526 g/mol. The Balaban J connectivity index is 1.38. The SMILES string of the molecule is CS(=O)(=O)c1ccccc1OCCCCNC(=O)CCc1ccc(N2CC(=O)NS2(=O)=O)c(O)c1. The third-order valence-electron chi connectivity index (χ3n) is 5.17. The molecule has 0 unspecified atom stereocenters. The van der Waals surface area contributed by atoms with E-state index in [0.29, 0.717) is 43.7 Å². The molecule has 1 fully saturated rings. The van der Waals surface area contributed by atoms with E-state index in [1.54, 1.807) is 24.3 Å². The summed E-state index contributed by atoms with van der Waals surface area (Å²) in [5.41, 5.74) is 0.619. The van der Waals surface area contributed by atoms with Crippen molar-refractivity contribution in [2.75, 3.05) is 30.3 Å². The Morgan fingerprint density at radius 3 is 2.60 bits per heavy atom. The second kappa shape index (κ2) is 11.0. The number of phenols is 1. The van der Waals surface area contributed by atoms with E-state index in [1.807, 2.05) is 4.72 Å². The molecule has 0 aliphatic carbocycles. The summed E-state index contributed by atoms with van der Waals surface area (Å²) in [6, 6.07) is 10.8. The number of aromatic hydroxyl groups is 1. The molecule has 1 aliphatic heterocycles. The number of nitrogens with one attached hydrogen (secondary N) is 2. The topological polar surface area (TPSA) is 159 Å². The maximum absolute atomic E-state index is 12.1. The molecule has 1 saturated heterocycles. The van der Waals surface area contributed by atoms with E-state index in [4.69, 9.17) is 4.74 Å². The van der Waals surface area contributed by atoms with Gasteiger partial charge >= 0.3 is 10.2 Å². The van der Waals surface area contributed by atoms with Crippen molar-refractivity contribution in [2.24, 2.45) is 0 Å². The first-order valence-electron chi connectivity index (χ1n) is 10.8. The summed E-state index contributed by atoms with van der Waals surface area (Å²) in [5.74, 6) is -0.872. The average Bonchev–Trinajstić information content (AvgIpc) is 3.06. The summed E-state index contributed by atoms with van der Waals surface area (Å²) in [6.45, 7) is 0.322. The van der Waals surface area contributed by atoms with Crippen molar-refractivity contribution < 1.29 is 36.3 Å². The second-order valence-corrected chi connectivity index (χ2v) is 11.6. The van der Waals surface area contributed by atoms with Crippen LogP contribution in [0.5, 0.6) is 11.5 Å². The number of nitrogens with zero attached hydrogens (tertiary/aromatic N) is 1. The summed E-state index contributed by atoms with van der Waals surface area (Å²) in [4.78, 5) is 23.6. The quantitative estimate of drug-likeness (QED) is 0.365. The molecule has 0 bridgehead atoms. The molecule has 11 nitrogen and oxygen atoms in total. The van der Waals surface area contributed by atoms with Gasteiger partial charge < -0.3 is 15.2 Å². The number of phenolic OH excluding ortho intramolecular Hbond substituents is 1. The van der Waals surface area contributed by atoms with Crippen LogP contribution < -0.4 is 19.1 Å². The highest BCUT2D eigenvalue weighted by Crippen LogP contribution is 2.31. The Morgan fingerprint density at radius 2 is 1.94 bits per heavy atom. The Kier molecular flexibility index (Phi) is 8.22. The lowest BCUT2D eigenvalue weighted by atomic mass is 10.1. The van der Waals surface area contributed by atoms with Crippen LogP contribution in [-0.2, 0) is 36.1 Å². The van der Waals surface area contributed by atoms with E-state index in [2.05, 4.69) is 5.32 Å². The fraction of sp³-hybridized carbons (Fsp3) is 0.364. The van der Waals surface area contributed by atoms with Crippen molar-refractivity contribution in [1.82, 2.24) is 10.0 Å². The Morgan fingerprint density at radius 1 is 1.20 bits per heavy atom. The van der Waals surface area contributed by atoms with E-state index in [-0.39, 0.29) is 28.7 Å². The predicted octanol–water partition coefficient (Wildman–Crippen LogP) is 0.885. The van der Waals surface area contributed by atoms with Crippen LogP contribution in [0.2, 0.25) is 0 Å². The first-order valence-corrected chi connectivity index (χ1v) is 14.1. The number of anilines is 1. The van der Waals surface area contributed by atoms with Crippen LogP contribution in [0.1, 0.15) is 24.8 Å². The Hall–Kier alpha value is -3.32. The van der Waals surface area contributed by atoms with E-state index in [9.17, 15) is 31.5 Å².